The van der Waals surface area contributed by atoms with Crippen LogP contribution in [-0.4, -0.2) is 0 Å². The van der Waals surface area contributed by atoms with Crippen molar-refractivity contribution < 1.29 is 21.1 Å². The van der Waals surface area contributed by atoms with Gasteiger partial charge >= 0.3 is 21.1 Å². The third-order valence-electron chi connectivity index (χ3n) is 0. The Labute approximate surface area is 46.3 Å². The molecule has 0 bridgehead atoms. The largest absolute Gasteiger partial charge is 4.00 e. The second-order valence-electron chi connectivity index (χ2n) is 0. The molecule has 0 rings (SSSR count). The molecule has 0 aliphatic carbocycles. The van der Waals surface area contributed by atoms with Crippen molar-refractivity contribution in [3.05, 3.63) is 24.6 Å². The average Bonchev–Trinajstić information content (AvgIpc) is 0. The fourth-order valence-electron chi connectivity index (χ4n) is 0. The number of rotatable bonds is 0. The Morgan fingerprint density at radius 2 is 0.400 bits per heavy atom. The van der Waals surface area contributed by atoms with E-state index in [0.717, 1.165) is 0 Å². The predicted octanol–water partition coefficient (Wildman–Crippen LogP) is 2.87. The first kappa shape index (κ1) is 406. The van der Waals surface area contributed by atoms with E-state index in [1.165, 1.54) is 0 Å². The van der Waals surface area contributed by atoms with Crippen LogP contribution in [0.3, 0.4) is 0 Å². The molecule has 0 spiro atoms. The maximum absolute atomic E-state index is 0. The molecule has 8 N–H and O–H groups in total. The van der Waals surface area contributed by atoms with Gasteiger partial charge in [-0.25, -0.2) is 0 Å². The summed E-state index contributed by atoms with van der Waals surface area (Å²) in [4.78, 5) is 0. The van der Waals surface area contributed by atoms with Gasteiger partial charge < -0.3 is 24.6 Å². The smallest absolute Gasteiger partial charge is 0.693 e. The maximum atomic E-state index is 0. The van der Waals surface area contributed by atoms with E-state index in [9.17, 15) is 0 Å². The standard InChI is InChI=1S/4H2N.Pt/h4*1H2;/q4*-1;+4. The Morgan fingerprint density at radius 1 is 0.400 bits per heavy atom. The van der Waals surface area contributed by atoms with Gasteiger partial charge in [-0.3, -0.25) is 0 Å². The topological polar surface area (TPSA) is 134 Å². The molecule has 0 amide bonds. The van der Waals surface area contributed by atoms with Gasteiger partial charge in [0.15, 0.2) is 0 Å². The van der Waals surface area contributed by atoms with Crippen LogP contribution < -0.4 is 0 Å². The summed E-state index contributed by atoms with van der Waals surface area (Å²) in [6.45, 7) is 0. The van der Waals surface area contributed by atoms with Gasteiger partial charge in [-0.15, -0.1) is 0 Å². The first-order chi connectivity index (χ1) is 0. The fraction of sp³-hybridized carbons (Fsp3) is 0. The molecule has 0 aromatic rings. The maximum Gasteiger partial charge on any atom is 4.00 e. The molecule has 0 fully saturated rings. The second-order valence-corrected chi connectivity index (χ2v) is 0. The molecule has 0 saturated heterocycles. The minimum Gasteiger partial charge on any atom is -0.693 e. The number of hydrogen-bond donors (Lipinski definition) is 0. The van der Waals surface area contributed by atoms with Crippen molar-refractivity contribution in [3.8, 4) is 0 Å². The molecule has 38 valence electrons. The van der Waals surface area contributed by atoms with Gasteiger partial charge in [0.05, 0.1) is 0 Å². The van der Waals surface area contributed by atoms with E-state index in [1.54, 1.807) is 0 Å². The van der Waals surface area contributed by atoms with Crippen LogP contribution in [0.25, 0.3) is 24.6 Å². The molecule has 0 aromatic heterocycles. The molecule has 0 radical (unpaired) electrons. The SMILES string of the molecule is [NH2-].[NH2-].[NH2-].[NH2-].[Pt+4]. The van der Waals surface area contributed by atoms with Crippen LogP contribution in [0, 0.1) is 0 Å². The van der Waals surface area contributed by atoms with Crippen LogP contribution in [0.1, 0.15) is 0 Å². The fourth-order valence-corrected chi connectivity index (χ4v) is 0. The van der Waals surface area contributed by atoms with Crippen LogP contribution in [0.4, 0.5) is 0 Å². The van der Waals surface area contributed by atoms with Crippen molar-refractivity contribution in [3.63, 3.8) is 0 Å². The third-order valence-corrected chi connectivity index (χ3v) is 0. The van der Waals surface area contributed by atoms with Crippen LogP contribution >= 0.6 is 0 Å². The van der Waals surface area contributed by atoms with Crippen molar-refractivity contribution in [1.82, 2.24) is 0 Å². The molecular formula is H8N4Pt. The van der Waals surface area contributed by atoms with Gasteiger partial charge in [0.25, 0.3) is 0 Å². The van der Waals surface area contributed by atoms with E-state index >= 15 is 0 Å². The van der Waals surface area contributed by atoms with Gasteiger partial charge in [0.2, 0.25) is 0 Å². The minimum atomic E-state index is 0. The second kappa shape index (κ2) is 202. The quantitative estimate of drug-likeness (QED) is 0.632. The molecule has 0 atom stereocenters. The molecule has 4 nitrogen and oxygen atoms in total. The third kappa shape index (κ3) is 104. The van der Waals surface area contributed by atoms with Crippen molar-refractivity contribution >= 4 is 0 Å². The van der Waals surface area contributed by atoms with Gasteiger partial charge in [-0.05, 0) is 0 Å². The monoisotopic (exact) mass is 259 g/mol. The van der Waals surface area contributed by atoms with E-state index in [1.807, 2.05) is 0 Å². The van der Waals surface area contributed by atoms with Crippen LogP contribution in [0.15, 0.2) is 0 Å². The zero-order valence-electron chi connectivity index (χ0n) is 2.63. The van der Waals surface area contributed by atoms with E-state index in [-0.39, 0.29) is 45.7 Å². The molecule has 0 saturated carbocycles. The van der Waals surface area contributed by atoms with E-state index < -0.39 is 0 Å². The summed E-state index contributed by atoms with van der Waals surface area (Å²) in [7, 11) is 0. The Kier molecular flexibility index (Phi) is 16400. The molecule has 0 unspecified atom stereocenters. The summed E-state index contributed by atoms with van der Waals surface area (Å²) < 4.78 is 0. The molecule has 0 aliphatic rings. The zero-order valence-corrected chi connectivity index (χ0v) is 4.90. The molecule has 0 heterocycles. The van der Waals surface area contributed by atoms with E-state index in [0.29, 0.717) is 0 Å². The van der Waals surface area contributed by atoms with Crippen molar-refractivity contribution in [2.75, 3.05) is 0 Å². The van der Waals surface area contributed by atoms with Gasteiger partial charge in [-0.1, -0.05) is 0 Å². The average molecular weight is 259 g/mol. The van der Waals surface area contributed by atoms with Crippen LogP contribution in [0.2, 0.25) is 0 Å². The van der Waals surface area contributed by atoms with Crippen LogP contribution in [-0.2, 0) is 21.1 Å². The summed E-state index contributed by atoms with van der Waals surface area (Å²) in [6, 6.07) is 0. The van der Waals surface area contributed by atoms with E-state index in [4.69, 9.17) is 0 Å². The van der Waals surface area contributed by atoms with Gasteiger partial charge in [-0.2, -0.15) is 0 Å². The first-order valence-corrected chi connectivity index (χ1v) is 0. The number of hydrogen-bond acceptors (Lipinski definition) is 0. The molecule has 5 heteroatoms. The van der Waals surface area contributed by atoms with E-state index in [2.05, 4.69) is 0 Å². The Balaban J connectivity index is 0. The van der Waals surface area contributed by atoms with Crippen molar-refractivity contribution in [1.29, 1.82) is 0 Å². The van der Waals surface area contributed by atoms with Crippen molar-refractivity contribution in [2.45, 2.75) is 0 Å². The zero-order chi connectivity index (χ0) is 0. The minimum absolute atomic E-state index is 0. The Bertz CT molecular complexity index is 3.61. The van der Waals surface area contributed by atoms with Gasteiger partial charge in [0, 0.05) is 0 Å². The summed E-state index contributed by atoms with van der Waals surface area (Å²) in [6.07, 6.45) is 0. The summed E-state index contributed by atoms with van der Waals surface area (Å²) in [5.41, 5.74) is 0. The first-order valence-electron chi connectivity index (χ1n) is 0. The molecule has 0 aromatic carbocycles. The normalized spacial score (nSPS) is 0. The van der Waals surface area contributed by atoms with Crippen LogP contribution in [0.5, 0.6) is 0 Å². The Hall–Kier alpha value is 0.528. The summed E-state index contributed by atoms with van der Waals surface area (Å²) in [5.74, 6) is 0. The van der Waals surface area contributed by atoms with Crippen molar-refractivity contribution in [2.24, 2.45) is 0 Å². The summed E-state index contributed by atoms with van der Waals surface area (Å²) in [5, 5.41) is 0. The summed E-state index contributed by atoms with van der Waals surface area (Å²) >= 11 is 0. The van der Waals surface area contributed by atoms with Gasteiger partial charge in [0.1, 0.15) is 0 Å². The molecule has 5 heavy (non-hydrogen) atoms. The molecule has 0 aliphatic heterocycles. The predicted molar refractivity (Wildman–Crippen MR) is 21.1 cm³/mol. The number of nitrogens with two attached hydrogens (primary N) is 4. The molecular weight excluding hydrogens is 251 g/mol. The Morgan fingerprint density at radius 3 is 0.400 bits per heavy atom.